The van der Waals surface area contributed by atoms with Gasteiger partial charge in [0.25, 0.3) is 5.56 Å². The Labute approximate surface area is 134 Å². The topological polar surface area (TPSA) is 84.1 Å². The van der Waals surface area contributed by atoms with Gasteiger partial charge in [0, 0.05) is 26.0 Å². The molecule has 0 radical (unpaired) electrons. The van der Waals surface area contributed by atoms with Crippen LogP contribution < -0.4 is 10.9 Å². The Balaban J connectivity index is 1.50. The summed E-state index contributed by atoms with van der Waals surface area (Å²) in [5, 5.41) is 2.88. The Morgan fingerprint density at radius 1 is 1.39 bits per heavy atom. The highest BCUT2D eigenvalue weighted by atomic mass is 16.5. The molecule has 2 aromatic rings. The van der Waals surface area contributed by atoms with Gasteiger partial charge < -0.3 is 15.0 Å². The fourth-order valence-corrected chi connectivity index (χ4v) is 2.80. The second kappa shape index (κ2) is 7.37. The third-order valence-corrected chi connectivity index (χ3v) is 4.07. The molecule has 1 unspecified atom stereocenters. The van der Waals surface area contributed by atoms with Crippen molar-refractivity contribution < 1.29 is 9.53 Å². The standard InChI is InChI=1S/C17H21N3O3/c21-16(18-10-9-12-4-3-11-23-12)8-7-15-17(22)20-14-6-2-1-5-13(14)19-15/h1-2,5-6,12H,3-4,7-11H2,(H,18,21)(H,20,22). The number of nitrogens with zero attached hydrogens (tertiary/aromatic N) is 1. The first-order valence-electron chi connectivity index (χ1n) is 8.08. The van der Waals surface area contributed by atoms with E-state index in [1.807, 2.05) is 24.3 Å². The van der Waals surface area contributed by atoms with Crippen LogP contribution in [0.4, 0.5) is 0 Å². The number of aromatic nitrogens is 2. The largest absolute Gasteiger partial charge is 0.378 e. The zero-order valence-corrected chi connectivity index (χ0v) is 13.0. The summed E-state index contributed by atoms with van der Waals surface area (Å²) in [7, 11) is 0. The summed E-state index contributed by atoms with van der Waals surface area (Å²) in [5.74, 6) is -0.0580. The molecule has 1 aromatic carbocycles. The smallest absolute Gasteiger partial charge is 0.270 e. The van der Waals surface area contributed by atoms with Crippen LogP contribution in [0.5, 0.6) is 0 Å². The van der Waals surface area contributed by atoms with E-state index in [1.165, 1.54) is 0 Å². The van der Waals surface area contributed by atoms with Gasteiger partial charge in [0.2, 0.25) is 5.91 Å². The second-order valence-corrected chi connectivity index (χ2v) is 5.80. The Kier molecular flexibility index (Phi) is 5.02. The van der Waals surface area contributed by atoms with Gasteiger partial charge in [-0.3, -0.25) is 9.59 Å². The fourth-order valence-electron chi connectivity index (χ4n) is 2.80. The van der Waals surface area contributed by atoms with Crippen molar-refractivity contribution in [3.63, 3.8) is 0 Å². The molecule has 122 valence electrons. The van der Waals surface area contributed by atoms with Crippen molar-refractivity contribution in [1.29, 1.82) is 0 Å². The van der Waals surface area contributed by atoms with E-state index in [4.69, 9.17) is 4.74 Å². The van der Waals surface area contributed by atoms with Gasteiger partial charge in [-0.15, -0.1) is 0 Å². The van der Waals surface area contributed by atoms with Gasteiger partial charge in [-0.25, -0.2) is 4.98 Å². The molecule has 0 spiro atoms. The predicted octanol–water partition coefficient (Wildman–Crippen LogP) is 1.54. The highest BCUT2D eigenvalue weighted by Crippen LogP contribution is 2.14. The zero-order chi connectivity index (χ0) is 16.1. The number of aromatic amines is 1. The number of amides is 1. The van der Waals surface area contributed by atoms with Crippen molar-refractivity contribution in [2.75, 3.05) is 13.2 Å². The van der Waals surface area contributed by atoms with Crippen LogP contribution in [0.2, 0.25) is 0 Å². The number of fused-ring (bicyclic) bond motifs is 1. The van der Waals surface area contributed by atoms with Crippen LogP contribution in [0.25, 0.3) is 11.0 Å². The molecular weight excluding hydrogens is 294 g/mol. The van der Waals surface area contributed by atoms with Gasteiger partial charge in [-0.1, -0.05) is 12.1 Å². The molecule has 1 aliphatic heterocycles. The quantitative estimate of drug-likeness (QED) is 0.847. The van der Waals surface area contributed by atoms with Gasteiger partial charge in [-0.05, 0) is 31.4 Å². The molecule has 1 atom stereocenters. The Morgan fingerprint density at radius 3 is 3.09 bits per heavy atom. The maximum absolute atomic E-state index is 12.0. The minimum atomic E-state index is -0.226. The Morgan fingerprint density at radius 2 is 2.26 bits per heavy atom. The molecule has 6 nitrogen and oxygen atoms in total. The van der Waals surface area contributed by atoms with Crippen molar-refractivity contribution in [2.24, 2.45) is 0 Å². The first-order chi connectivity index (χ1) is 11.2. The van der Waals surface area contributed by atoms with Crippen LogP contribution in [0.15, 0.2) is 29.1 Å². The summed E-state index contributed by atoms with van der Waals surface area (Å²) >= 11 is 0. The number of carbonyl (C=O) groups excluding carboxylic acids is 1. The molecular formula is C17H21N3O3. The zero-order valence-electron chi connectivity index (χ0n) is 13.0. The van der Waals surface area contributed by atoms with Crippen molar-refractivity contribution in [3.8, 4) is 0 Å². The van der Waals surface area contributed by atoms with Crippen LogP contribution in [-0.2, 0) is 16.0 Å². The monoisotopic (exact) mass is 315 g/mol. The number of carbonyl (C=O) groups is 1. The van der Waals surface area contributed by atoms with Crippen LogP contribution in [0, 0.1) is 0 Å². The number of H-pyrrole nitrogens is 1. The summed E-state index contributed by atoms with van der Waals surface area (Å²) in [6.07, 6.45) is 3.91. The SMILES string of the molecule is O=C(CCc1nc2ccccc2[nH]c1=O)NCCC1CCCO1. The predicted molar refractivity (Wildman–Crippen MR) is 87.3 cm³/mol. The molecule has 3 rings (SSSR count). The average Bonchev–Trinajstić information content (AvgIpc) is 3.06. The summed E-state index contributed by atoms with van der Waals surface area (Å²) in [4.78, 5) is 31.0. The van der Waals surface area contributed by atoms with Crippen molar-refractivity contribution in [2.45, 2.75) is 38.2 Å². The lowest BCUT2D eigenvalue weighted by Gasteiger charge is -2.10. The maximum Gasteiger partial charge on any atom is 0.270 e. The third kappa shape index (κ3) is 4.16. The molecule has 6 heteroatoms. The number of para-hydroxylation sites is 2. The number of hydrogen-bond acceptors (Lipinski definition) is 4. The van der Waals surface area contributed by atoms with Crippen LogP contribution in [-0.4, -0.2) is 35.1 Å². The minimum Gasteiger partial charge on any atom is -0.378 e. The number of hydrogen-bond donors (Lipinski definition) is 2. The van der Waals surface area contributed by atoms with E-state index in [0.29, 0.717) is 24.2 Å². The van der Waals surface area contributed by atoms with Crippen LogP contribution in [0.1, 0.15) is 31.4 Å². The van der Waals surface area contributed by atoms with E-state index in [1.54, 1.807) is 0 Å². The second-order valence-electron chi connectivity index (χ2n) is 5.80. The van der Waals surface area contributed by atoms with Crippen molar-refractivity contribution in [1.82, 2.24) is 15.3 Å². The number of ether oxygens (including phenoxy) is 1. The first kappa shape index (κ1) is 15.7. The number of aryl methyl sites for hydroxylation is 1. The van der Waals surface area contributed by atoms with E-state index < -0.39 is 0 Å². The van der Waals surface area contributed by atoms with Gasteiger partial charge in [0.15, 0.2) is 0 Å². The van der Waals surface area contributed by atoms with E-state index >= 15 is 0 Å². The maximum atomic E-state index is 12.0. The lowest BCUT2D eigenvalue weighted by Crippen LogP contribution is -2.28. The van der Waals surface area contributed by atoms with Gasteiger partial charge >= 0.3 is 0 Å². The van der Waals surface area contributed by atoms with Crippen molar-refractivity contribution in [3.05, 3.63) is 40.3 Å². The summed E-state index contributed by atoms with van der Waals surface area (Å²) in [5.41, 5.74) is 1.62. The number of nitrogens with one attached hydrogen (secondary N) is 2. The molecule has 23 heavy (non-hydrogen) atoms. The van der Waals surface area contributed by atoms with Crippen molar-refractivity contribution >= 4 is 16.9 Å². The number of rotatable bonds is 6. The van der Waals surface area contributed by atoms with E-state index in [-0.39, 0.29) is 24.0 Å². The van der Waals surface area contributed by atoms with Gasteiger partial charge in [0.1, 0.15) is 5.69 Å². The van der Waals surface area contributed by atoms with E-state index in [9.17, 15) is 9.59 Å². The van der Waals surface area contributed by atoms with Crippen LogP contribution in [0.3, 0.4) is 0 Å². The summed E-state index contributed by atoms with van der Waals surface area (Å²) in [6.45, 7) is 1.44. The molecule has 1 fully saturated rings. The summed E-state index contributed by atoms with van der Waals surface area (Å²) in [6, 6.07) is 7.37. The number of benzene rings is 1. The molecule has 1 aromatic heterocycles. The molecule has 1 amide bonds. The molecule has 0 aliphatic carbocycles. The highest BCUT2D eigenvalue weighted by molar-refractivity contribution is 5.76. The molecule has 2 heterocycles. The fraction of sp³-hybridized carbons (Fsp3) is 0.471. The molecule has 1 aliphatic rings. The van der Waals surface area contributed by atoms with Crippen LogP contribution >= 0.6 is 0 Å². The van der Waals surface area contributed by atoms with E-state index in [0.717, 1.165) is 31.4 Å². The lowest BCUT2D eigenvalue weighted by atomic mass is 10.2. The highest BCUT2D eigenvalue weighted by Gasteiger charge is 2.15. The lowest BCUT2D eigenvalue weighted by molar-refractivity contribution is -0.121. The molecule has 0 bridgehead atoms. The Hall–Kier alpha value is -2.21. The van der Waals surface area contributed by atoms with Gasteiger partial charge in [-0.2, -0.15) is 0 Å². The normalized spacial score (nSPS) is 17.5. The average molecular weight is 315 g/mol. The summed E-state index contributed by atoms with van der Waals surface area (Å²) < 4.78 is 5.51. The first-order valence-corrected chi connectivity index (χ1v) is 8.08. The molecule has 0 saturated carbocycles. The molecule has 1 saturated heterocycles. The van der Waals surface area contributed by atoms with Gasteiger partial charge in [0.05, 0.1) is 17.1 Å². The Bertz CT molecular complexity index is 735. The third-order valence-electron chi connectivity index (χ3n) is 4.07. The van der Waals surface area contributed by atoms with E-state index in [2.05, 4.69) is 15.3 Å². The minimum absolute atomic E-state index is 0.0580. The molecule has 2 N–H and O–H groups in total.